The van der Waals surface area contributed by atoms with Crippen LogP contribution in [0.1, 0.15) is 123 Å². The fraction of sp³-hybridized carbons (Fsp3) is 1.00. The lowest BCUT2D eigenvalue weighted by atomic mass is 9.79. The normalized spacial score (nSPS) is 25.7. The van der Waals surface area contributed by atoms with Crippen molar-refractivity contribution in [1.82, 2.24) is 40.9 Å². The van der Waals surface area contributed by atoms with Crippen molar-refractivity contribution in [2.45, 2.75) is 123 Å². The van der Waals surface area contributed by atoms with Gasteiger partial charge in [-0.3, -0.25) is 0 Å². The minimum absolute atomic E-state index is 0.881. The summed E-state index contributed by atoms with van der Waals surface area (Å²) >= 11 is 0. The van der Waals surface area contributed by atoms with Gasteiger partial charge in [-0.05, 0) is 211 Å². The maximum absolute atomic E-state index is 5.95. The van der Waals surface area contributed by atoms with E-state index < -0.39 is 0 Å². The monoisotopic (exact) mass is 774 g/mol. The predicted molar refractivity (Wildman–Crippen MR) is 238 cm³/mol. The Morgan fingerprint density at radius 1 is 0.509 bits per heavy atom. The van der Waals surface area contributed by atoms with Crippen molar-refractivity contribution >= 4 is 0 Å². The van der Waals surface area contributed by atoms with Crippen LogP contribution < -0.4 is 27.0 Å². The second-order valence-electron chi connectivity index (χ2n) is 18.7. The molecule has 7 saturated heterocycles. The lowest BCUT2D eigenvalue weighted by molar-refractivity contribution is 0.141. The highest BCUT2D eigenvalue weighted by molar-refractivity contribution is 4.80. The number of unbranched alkanes of at least 4 members (excludes halogenated alkanes) is 1. The van der Waals surface area contributed by atoms with Gasteiger partial charge in [0.25, 0.3) is 0 Å². The van der Waals surface area contributed by atoms with Gasteiger partial charge in [0.1, 0.15) is 0 Å². The standard InChI is InChI=1S/C24H48N4.C10H21N3.C10H20N2.C2H6/c1-27-16-11-24(12-17-27)23(6-13-25)5-3-2-4-21-9-18-28(19-10-21)20-22-7-14-26-15-8-22;1-3-11-4-2-10(1)9-13-7-5-12-6-8-13;1-2-5-12(6-3-1)7-4-10-8-11-9-10;1-2/h21-24,26H,2-20,25H2,1H3;10-12H,1-9H2;10-11H,1-9H2;1-2H3. The van der Waals surface area contributed by atoms with Gasteiger partial charge in [0.05, 0.1) is 0 Å². The Hall–Kier alpha value is -0.360. The molecule has 0 radical (unpaired) electrons. The van der Waals surface area contributed by atoms with E-state index in [4.69, 9.17) is 5.73 Å². The zero-order valence-corrected chi connectivity index (χ0v) is 37.0. The molecular weight excluding hydrogens is 679 g/mol. The highest BCUT2D eigenvalue weighted by atomic mass is 15.2. The van der Waals surface area contributed by atoms with Crippen molar-refractivity contribution in [3.8, 4) is 0 Å². The number of hydrogen-bond acceptors (Lipinski definition) is 9. The van der Waals surface area contributed by atoms with E-state index in [0.29, 0.717) is 0 Å². The van der Waals surface area contributed by atoms with Crippen LogP contribution in [0.15, 0.2) is 0 Å². The number of piperidine rings is 5. The van der Waals surface area contributed by atoms with Gasteiger partial charge in [-0.1, -0.05) is 46.0 Å². The van der Waals surface area contributed by atoms with Gasteiger partial charge < -0.3 is 46.6 Å². The summed E-state index contributed by atoms with van der Waals surface area (Å²) in [6.45, 7) is 29.3. The number of likely N-dealkylation sites (tertiary alicyclic amines) is 3. The molecule has 1 unspecified atom stereocenters. The Kier molecular flexibility index (Phi) is 25.6. The molecule has 1 atom stereocenters. The second-order valence-corrected chi connectivity index (χ2v) is 18.7. The van der Waals surface area contributed by atoms with Gasteiger partial charge in [0.2, 0.25) is 0 Å². The molecule has 0 aromatic rings. The molecular formula is C46H95N9. The number of rotatable bonds is 15. The van der Waals surface area contributed by atoms with Crippen LogP contribution in [0.3, 0.4) is 0 Å². The van der Waals surface area contributed by atoms with Crippen molar-refractivity contribution in [3.05, 3.63) is 0 Å². The first kappa shape index (κ1) is 47.3. The van der Waals surface area contributed by atoms with Crippen LogP contribution in [0.2, 0.25) is 0 Å². The Labute approximate surface area is 342 Å². The zero-order valence-electron chi connectivity index (χ0n) is 37.0. The van der Waals surface area contributed by atoms with Crippen LogP contribution in [0, 0.1) is 35.5 Å². The largest absolute Gasteiger partial charge is 0.330 e. The number of nitrogens with one attached hydrogen (secondary N) is 4. The molecule has 7 aliphatic rings. The molecule has 0 amide bonds. The van der Waals surface area contributed by atoms with E-state index in [1.807, 2.05) is 13.8 Å². The smallest absolute Gasteiger partial charge is 0.0107 e. The van der Waals surface area contributed by atoms with Crippen LogP contribution in [0.5, 0.6) is 0 Å². The van der Waals surface area contributed by atoms with E-state index in [1.54, 1.807) is 0 Å². The molecule has 55 heavy (non-hydrogen) atoms. The predicted octanol–water partition coefficient (Wildman–Crippen LogP) is 5.56. The second kappa shape index (κ2) is 29.8. The Bertz CT molecular complexity index is 849. The third-order valence-corrected chi connectivity index (χ3v) is 14.4. The van der Waals surface area contributed by atoms with Crippen molar-refractivity contribution in [2.75, 3.05) is 138 Å². The topological polar surface area (TPSA) is 87.1 Å². The van der Waals surface area contributed by atoms with Gasteiger partial charge in [0.15, 0.2) is 0 Å². The molecule has 324 valence electrons. The van der Waals surface area contributed by atoms with Crippen LogP contribution in [-0.4, -0.2) is 158 Å². The molecule has 9 nitrogen and oxygen atoms in total. The van der Waals surface area contributed by atoms with Crippen molar-refractivity contribution in [2.24, 2.45) is 41.2 Å². The van der Waals surface area contributed by atoms with Gasteiger partial charge in [-0.15, -0.1) is 0 Å². The van der Waals surface area contributed by atoms with Gasteiger partial charge in [-0.25, -0.2) is 0 Å². The van der Waals surface area contributed by atoms with Gasteiger partial charge in [-0.2, -0.15) is 0 Å². The van der Waals surface area contributed by atoms with E-state index >= 15 is 0 Å². The van der Waals surface area contributed by atoms with Gasteiger partial charge in [0, 0.05) is 39.3 Å². The highest BCUT2D eigenvalue weighted by Crippen LogP contribution is 2.32. The fourth-order valence-corrected chi connectivity index (χ4v) is 10.5. The summed E-state index contributed by atoms with van der Waals surface area (Å²) in [5.41, 5.74) is 5.95. The van der Waals surface area contributed by atoms with E-state index in [0.717, 1.165) is 42.1 Å². The number of hydrogen-bond donors (Lipinski definition) is 5. The van der Waals surface area contributed by atoms with E-state index in [-0.39, 0.29) is 0 Å². The van der Waals surface area contributed by atoms with E-state index in [9.17, 15) is 0 Å². The zero-order chi connectivity index (χ0) is 38.8. The fourth-order valence-electron chi connectivity index (χ4n) is 10.5. The van der Waals surface area contributed by atoms with E-state index in [2.05, 4.69) is 47.9 Å². The summed E-state index contributed by atoms with van der Waals surface area (Å²) in [5.74, 6) is 5.74. The Morgan fingerprint density at radius 3 is 1.62 bits per heavy atom. The third kappa shape index (κ3) is 20.0. The van der Waals surface area contributed by atoms with E-state index in [1.165, 1.54) is 234 Å². The quantitative estimate of drug-likeness (QED) is 0.137. The summed E-state index contributed by atoms with van der Waals surface area (Å²) in [5, 5.41) is 13.6. The maximum atomic E-state index is 5.95. The summed E-state index contributed by atoms with van der Waals surface area (Å²) in [4.78, 5) is 10.5. The molecule has 0 spiro atoms. The van der Waals surface area contributed by atoms with Crippen LogP contribution in [0.25, 0.3) is 0 Å². The number of nitrogens with two attached hydrogens (primary N) is 1. The highest BCUT2D eigenvalue weighted by Gasteiger charge is 2.26. The average molecular weight is 774 g/mol. The Morgan fingerprint density at radius 2 is 1.07 bits per heavy atom. The molecule has 0 aromatic carbocycles. The van der Waals surface area contributed by atoms with Crippen LogP contribution >= 0.6 is 0 Å². The van der Waals surface area contributed by atoms with Gasteiger partial charge >= 0.3 is 0 Å². The lowest BCUT2D eigenvalue weighted by Gasteiger charge is -2.36. The molecule has 0 aromatic heterocycles. The number of piperazine rings is 1. The molecule has 7 rings (SSSR count). The molecule has 7 heterocycles. The molecule has 9 heteroatoms. The average Bonchev–Trinajstić information content (AvgIpc) is 3.22. The summed E-state index contributed by atoms with van der Waals surface area (Å²) in [6, 6.07) is 0. The first-order chi connectivity index (χ1) is 27.1. The summed E-state index contributed by atoms with van der Waals surface area (Å²) in [7, 11) is 2.27. The van der Waals surface area contributed by atoms with Crippen molar-refractivity contribution < 1.29 is 0 Å². The first-order valence-corrected chi connectivity index (χ1v) is 24.5. The minimum Gasteiger partial charge on any atom is -0.330 e. The van der Waals surface area contributed by atoms with Crippen LogP contribution in [-0.2, 0) is 0 Å². The summed E-state index contributed by atoms with van der Waals surface area (Å²) < 4.78 is 0. The molecule has 7 fully saturated rings. The SMILES string of the molecule is C1CC(CN2CCNCC2)CCN1.C1CCN(CCC2CNC2)CC1.CC.CN1CCC(C(CCN)CCCCC2CCN(CC3CCNCC3)CC2)CC1. The Balaban J connectivity index is 0.000000205. The summed E-state index contributed by atoms with van der Waals surface area (Å²) in [6.07, 6.45) is 24.0. The maximum Gasteiger partial charge on any atom is 0.0107 e. The third-order valence-electron chi connectivity index (χ3n) is 14.4. The van der Waals surface area contributed by atoms with Crippen LogP contribution in [0.4, 0.5) is 0 Å². The molecule has 0 saturated carbocycles. The molecule has 7 aliphatic heterocycles. The lowest BCUT2D eigenvalue weighted by Crippen LogP contribution is -2.46. The van der Waals surface area contributed by atoms with Crippen molar-refractivity contribution in [1.29, 1.82) is 0 Å². The molecule has 0 aliphatic carbocycles. The minimum atomic E-state index is 0.881. The number of nitrogens with zero attached hydrogens (tertiary/aromatic N) is 4. The van der Waals surface area contributed by atoms with Crippen molar-refractivity contribution in [3.63, 3.8) is 0 Å². The molecule has 0 bridgehead atoms. The first-order valence-electron chi connectivity index (χ1n) is 24.5. The molecule has 6 N–H and O–H groups in total.